The van der Waals surface area contributed by atoms with Gasteiger partial charge in [-0.25, -0.2) is 0 Å². The minimum absolute atomic E-state index is 0.155. The maximum Gasteiger partial charge on any atom is 0.251 e. The standard InChI is InChI=1S/C16H19N3O2/c1-18-16(21)12-4-7-15(14(17)10-12)19-9-8-11-2-5-13(20)6-3-11/h2-7,10,19-20H,8-9,17H2,1H3,(H,18,21). The molecule has 0 fully saturated rings. The number of amides is 1. The Kier molecular flexibility index (Phi) is 4.66. The Balaban J connectivity index is 1.94. The van der Waals surface area contributed by atoms with Crippen LogP contribution >= 0.6 is 0 Å². The highest BCUT2D eigenvalue weighted by molar-refractivity contribution is 5.95. The van der Waals surface area contributed by atoms with Crippen LogP contribution in [0.25, 0.3) is 0 Å². The second kappa shape index (κ2) is 6.65. The summed E-state index contributed by atoms with van der Waals surface area (Å²) in [5.74, 6) is 0.109. The summed E-state index contributed by atoms with van der Waals surface area (Å²) in [4.78, 5) is 11.5. The van der Waals surface area contributed by atoms with E-state index < -0.39 is 0 Å². The van der Waals surface area contributed by atoms with E-state index in [2.05, 4.69) is 10.6 Å². The minimum Gasteiger partial charge on any atom is -0.508 e. The first-order chi connectivity index (χ1) is 10.1. The lowest BCUT2D eigenvalue weighted by atomic mass is 10.1. The summed E-state index contributed by atoms with van der Waals surface area (Å²) in [6.07, 6.45) is 0.816. The molecule has 0 spiro atoms. The Morgan fingerprint density at radius 3 is 2.52 bits per heavy atom. The van der Waals surface area contributed by atoms with Crippen LogP contribution in [0.15, 0.2) is 42.5 Å². The van der Waals surface area contributed by atoms with Crippen LogP contribution in [-0.2, 0) is 6.42 Å². The summed E-state index contributed by atoms with van der Waals surface area (Å²) in [6, 6.07) is 12.3. The van der Waals surface area contributed by atoms with Gasteiger partial charge in [-0.05, 0) is 42.3 Å². The quantitative estimate of drug-likeness (QED) is 0.633. The molecule has 0 aliphatic rings. The molecule has 0 saturated heterocycles. The van der Waals surface area contributed by atoms with Crippen LogP contribution in [0, 0.1) is 0 Å². The number of nitrogens with two attached hydrogens (primary N) is 1. The van der Waals surface area contributed by atoms with Crippen molar-refractivity contribution in [1.29, 1.82) is 0 Å². The van der Waals surface area contributed by atoms with Crippen molar-refractivity contribution in [3.63, 3.8) is 0 Å². The molecule has 5 nitrogen and oxygen atoms in total. The van der Waals surface area contributed by atoms with Crippen molar-refractivity contribution in [3.8, 4) is 5.75 Å². The van der Waals surface area contributed by atoms with Gasteiger partial charge >= 0.3 is 0 Å². The normalized spacial score (nSPS) is 10.1. The highest BCUT2D eigenvalue weighted by atomic mass is 16.3. The van der Waals surface area contributed by atoms with Crippen molar-refractivity contribution in [3.05, 3.63) is 53.6 Å². The Morgan fingerprint density at radius 1 is 1.19 bits per heavy atom. The summed E-state index contributed by atoms with van der Waals surface area (Å²) in [7, 11) is 1.59. The molecule has 0 aliphatic heterocycles. The zero-order chi connectivity index (χ0) is 15.2. The maximum atomic E-state index is 11.5. The van der Waals surface area contributed by atoms with Crippen molar-refractivity contribution in [2.45, 2.75) is 6.42 Å². The Bertz CT molecular complexity index is 624. The number of hydrogen-bond donors (Lipinski definition) is 4. The SMILES string of the molecule is CNC(=O)c1ccc(NCCc2ccc(O)cc2)c(N)c1. The van der Waals surface area contributed by atoms with Gasteiger partial charge in [0, 0.05) is 19.2 Å². The van der Waals surface area contributed by atoms with Gasteiger partial charge in [-0.1, -0.05) is 12.1 Å². The largest absolute Gasteiger partial charge is 0.508 e. The average molecular weight is 285 g/mol. The minimum atomic E-state index is -0.155. The van der Waals surface area contributed by atoms with Crippen LogP contribution < -0.4 is 16.4 Å². The van der Waals surface area contributed by atoms with Gasteiger partial charge in [0.1, 0.15) is 5.75 Å². The van der Waals surface area contributed by atoms with Gasteiger partial charge in [0.05, 0.1) is 11.4 Å². The smallest absolute Gasteiger partial charge is 0.251 e. The first-order valence-electron chi connectivity index (χ1n) is 6.73. The highest BCUT2D eigenvalue weighted by Crippen LogP contribution is 2.20. The molecule has 0 aromatic heterocycles. The number of hydrogen-bond acceptors (Lipinski definition) is 4. The van der Waals surface area contributed by atoms with Crippen LogP contribution in [0.4, 0.5) is 11.4 Å². The Labute approximate surface area is 123 Å². The molecule has 0 radical (unpaired) electrons. The van der Waals surface area contributed by atoms with Crippen molar-refractivity contribution >= 4 is 17.3 Å². The van der Waals surface area contributed by atoms with Crippen molar-refractivity contribution in [1.82, 2.24) is 5.32 Å². The second-order valence-corrected chi connectivity index (χ2v) is 4.72. The molecule has 0 saturated carbocycles. The lowest BCUT2D eigenvalue weighted by Crippen LogP contribution is -2.18. The molecule has 110 valence electrons. The number of rotatable bonds is 5. The summed E-state index contributed by atoms with van der Waals surface area (Å²) in [5, 5.41) is 15.0. The number of carbonyl (C=O) groups is 1. The zero-order valence-corrected chi connectivity index (χ0v) is 11.9. The number of phenols is 1. The van der Waals surface area contributed by atoms with E-state index in [0.717, 1.165) is 17.7 Å². The third-order valence-corrected chi connectivity index (χ3v) is 3.21. The third kappa shape index (κ3) is 3.89. The summed E-state index contributed by atoms with van der Waals surface area (Å²) < 4.78 is 0. The van der Waals surface area contributed by atoms with Gasteiger partial charge in [-0.3, -0.25) is 4.79 Å². The first-order valence-corrected chi connectivity index (χ1v) is 6.73. The van der Waals surface area contributed by atoms with E-state index in [-0.39, 0.29) is 11.7 Å². The summed E-state index contributed by atoms with van der Waals surface area (Å²) in [6.45, 7) is 0.717. The molecule has 2 rings (SSSR count). The van der Waals surface area contributed by atoms with E-state index in [1.54, 1.807) is 37.4 Å². The lowest BCUT2D eigenvalue weighted by Gasteiger charge is -2.10. The topological polar surface area (TPSA) is 87.4 Å². The predicted molar refractivity (Wildman–Crippen MR) is 84.5 cm³/mol. The first kappa shape index (κ1) is 14.7. The fourth-order valence-corrected chi connectivity index (χ4v) is 2.01. The van der Waals surface area contributed by atoms with E-state index in [1.165, 1.54) is 0 Å². The Morgan fingerprint density at radius 2 is 1.90 bits per heavy atom. The number of benzene rings is 2. The molecule has 21 heavy (non-hydrogen) atoms. The van der Waals surface area contributed by atoms with Gasteiger partial charge in [0.25, 0.3) is 5.91 Å². The fraction of sp³-hybridized carbons (Fsp3) is 0.188. The van der Waals surface area contributed by atoms with Crippen LogP contribution in [0.5, 0.6) is 5.75 Å². The molecular formula is C16H19N3O2. The number of phenolic OH excluding ortho intramolecular Hbond substituents is 1. The number of nitrogen functional groups attached to an aromatic ring is 1. The van der Waals surface area contributed by atoms with Gasteiger partial charge in [-0.15, -0.1) is 0 Å². The van der Waals surface area contributed by atoms with Gasteiger partial charge in [0.15, 0.2) is 0 Å². The monoisotopic (exact) mass is 285 g/mol. The van der Waals surface area contributed by atoms with E-state index >= 15 is 0 Å². The maximum absolute atomic E-state index is 11.5. The summed E-state index contributed by atoms with van der Waals surface area (Å²) >= 11 is 0. The summed E-state index contributed by atoms with van der Waals surface area (Å²) in [5.41, 5.74) is 8.95. The van der Waals surface area contributed by atoms with Crippen molar-refractivity contribution < 1.29 is 9.90 Å². The van der Waals surface area contributed by atoms with E-state index in [4.69, 9.17) is 5.73 Å². The fourth-order valence-electron chi connectivity index (χ4n) is 2.01. The molecule has 2 aromatic rings. The van der Waals surface area contributed by atoms with Crippen LogP contribution in [0.2, 0.25) is 0 Å². The number of anilines is 2. The zero-order valence-electron chi connectivity index (χ0n) is 11.9. The predicted octanol–water partition coefficient (Wildman–Crippen LogP) is 1.99. The molecule has 5 N–H and O–H groups in total. The average Bonchev–Trinajstić information content (AvgIpc) is 2.50. The molecule has 0 bridgehead atoms. The van der Waals surface area contributed by atoms with E-state index in [0.29, 0.717) is 17.8 Å². The van der Waals surface area contributed by atoms with Crippen molar-refractivity contribution in [2.24, 2.45) is 0 Å². The molecule has 0 atom stereocenters. The molecule has 0 aliphatic carbocycles. The number of aromatic hydroxyl groups is 1. The van der Waals surface area contributed by atoms with Gasteiger partial charge in [-0.2, -0.15) is 0 Å². The number of nitrogens with one attached hydrogen (secondary N) is 2. The van der Waals surface area contributed by atoms with Crippen molar-refractivity contribution in [2.75, 3.05) is 24.6 Å². The molecule has 2 aromatic carbocycles. The van der Waals surface area contributed by atoms with Crippen LogP contribution in [0.1, 0.15) is 15.9 Å². The molecule has 0 heterocycles. The number of carbonyl (C=O) groups excluding carboxylic acids is 1. The molecular weight excluding hydrogens is 266 g/mol. The third-order valence-electron chi connectivity index (χ3n) is 3.21. The molecule has 1 amide bonds. The molecule has 5 heteroatoms. The van der Waals surface area contributed by atoms with E-state index in [9.17, 15) is 9.90 Å². The second-order valence-electron chi connectivity index (χ2n) is 4.72. The van der Waals surface area contributed by atoms with Crippen LogP contribution in [-0.4, -0.2) is 24.6 Å². The highest BCUT2D eigenvalue weighted by Gasteiger charge is 2.06. The van der Waals surface area contributed by atoms with E-state index in [1.807, 2.05) is 12.1 Å². The molecule has 0 unspecified atom stereocenters. The Hall–Kier alpha value is -2.69. The van der Waals surface area contributed by atoms with Crippen LogP contribution in [0.3, 0.4) is 0 Å². The van der Waals surface area contributed by atoms with Gasteiger partial charge < -0.3 is 21.5 Å². The lowest BCUT2D eigenvalue weighted by molar-refractivity contribution is 0.0963. The van der Waals surface area contributed by atoms with Gasteiger partial charge in [0.2, 0.25) is 0 Å².